The molecule has 0 spiro atoms. The fraction of sp³-hybridized carbons (Fsp3) is 0.625. The minimum Gasteiger partial charge on any atom is -0.234 e. The van der Waals surface area contributed by atoms with E-state index in [0.717, 1.165) is 6.54 Å². The number of aryl methyl sites for hydroxylation is 1. The zero-order chi connectivity index (χ0) is 18.5. The van der Waals surface area contributed by atoms with Gasteiger partial charge in [-0.25, -0.2) is 9.13 Å². The number of hydrogen-bond acceptors (Lipinski definition) is 0. The van der Waals surface area contributed by atoms with E-state index in [4.69, 9.17) is 0 Å². The van der Waals surface area contributed by atoms with Crippen LogP contribution in [0.2, 0.25) is 0 Å². The number of benzene rings is 1. The van der Waals surface area contributed by atoms with Crippen LogP contribution in [0.15, 0.2) is 42.7 Å². The second kappa shape index (κ2) is 12.7. The van der Waals surface area contributed by atoms with Crippen LogP contribution in [0.25, 0.3) is 0 Å². The van der Waals surface area contributed by atoms with E-state index in [2.05, 4.69) is 65.7 Å². The van der Waals surface area contributed by atoms with Crippen LogP contribution in [0, 0.1) is 0 Å². The van der Waals surface area contributed by atoms with Gasteiger partial charge < -0.3 is 0 Å². The topological polar surface area (TPSA) is 8.81 Å². The number of hydrogen-bond donors (Lipinski definition) is 0. The zero-order valence-corrected chi connectivity index (χ0v) is 17.1. The molecule has 0 aliphatic heterocycles. The third-order valence-corrected chi connectivity index (χ3v) is 5.29. The van der Waals surface area contributed by atoms with Crippen molar-refractivity contribution < 1.29 is 4.57 Å². The van der Waals surface area contributed by atoms with Crippen LogP contribution in [-0.4, -0.2) is 4.57 Å². The second-order valence-corrected chi connectivity index (χ2v) is 7.60. The molecule has 0 radical (unpaired) electrons. The summed E-state index contributed by atoms with van der Waals surface area (Å²) in [6.07, 6.45) is 19.4. The van der Waals surface area contributed by atoms with Crippen LogP contribution < -0.4 is 4.57 Å². The highest BCUT2D eigenvalue weighted by atomic mass is 15.1. The van der Waals surface area contributed by atoms with Crippen molar-refractivity contribution in [3.05, 3.63) is 54.1 Å². The van der Waals surface area contributed by atoms with Gasteiger partial charge in [0.15, 0.2) is 0 Å². The normalized spacial score (nSPS) is 11.2. The summed E-state index contributed by atoms with van der Waals surface area (Å²) in [6.45, 7) is 6.73. The van der Waals surface area contributed by atoms with Crippen LogP contribution in [-0.2, 0) is 19.5 Å². The number of aromatic nitrogens is 2. The lowest BCUT2D eigenvalue weighted by Gasteiger charge is -2.06. The highest BCUT2D eigenvalue weighted by Crippen LogP contribution is 2.11. The van der Waals surface area contributed by atoms with Gasteiger partial charge in [0.25, 0.3) is 5.82 Å². The van der Waals surface area contributed by atoms with E-state index in [1.54, 1.807) is 0 Å². The van der Waals surface area contributed by atoms with Crippen LogP contribution in [0.3, 0.4) is 0 Å². The van der Waals surface area contributed by atoms with E-state index in [9.17, 15) is 0 Å². The summed E-state index contributed by atoms with van der Waals surface area (Å²) in [7, 11) is 0. The van der Waals surface area contributed by atoms with Crippen molar-refractivity contribution in [3.8, 4) is 0 Å². The standard InChI is InChI=1S/C24H39N2/c1-3-5-7-8-9-10-14-18-24-25(19-15-6-4-2)20-21-26(24)22-23-16-12-11-13-17-23/h11-13,16-17,20-21H,3-10,14-15,18-19,22H2,1-2H3/q+1. The summed E-state index contributed by atoms with van der Waals surface area (Å²) in [5, 5.41) is 0. The van der Waals surface area contributed by atoms with E-state index in [-0.39, 0.29) is 0 Å². The monoisotopic (exact) mass is 355 g/mol. The van der Waals surface area contributed by atoms with Gasteiger partial charge in [0, 0.05) is 6.42 Å². The average molecular weight is 356 g/mol. The molecule has 0 bridgehead atoms. The van der Waals surface area contributed by atoms with Crippen molar-refractivity contribution in [2.24, 2.45) is 0 Å². The molecule has 2 nitrogen and oxygen atoms in total. The third kappa shape index (κ3) is 7.35. The molecular weight excluding hydrogens is 316 g/mol. The van der Waals surface area contributed by atoms with Crippen LogP contribution >= 0.6 is 0 Å². The number of imidazole rings is 1. The Morgan fingerprint density at radius 1 is 0.769 bits per heavy atom. The summed E-state index contributed by atoms with van der Waals surface area (Å²) in [5.74, 6) is 1.51. The van der Waals surface area contributed by atoms with Gasteiger partial charge in [-0.2, -0.15) is 0 Å². The van der Waals surface area contributed by atoms with Crippen molar-refractivity contribution in [2.45, 2.75) is 97.6 Å². The molecule has 1 heterocycles. The first kappa shape index (κ1) is 20.7. The molecule has 0 aliphatic rings. The second-order valence-electron chi connectivity index (χ2n) is 7.60. The molecular formula is C24H39N2+. The Labute approximate surface area is 161 Å². The Kier molecular flexibility index (Phi) is 10.2. The molecule has 2 heteroatoms. The predicted molar refractivity (Wildman–Crippen MR) is 111 cm³/mol. The predicted octanol–water partition coefficient (Wildman–Crippen LogP) is 6.31. The molecule has 0 amide bonds. The molecule has 0 N–H and O–H groups in total. The molecule has 0 atom stereocenters. The maximum atomic E-state index is 2.51. The summed E-state index contributed by atoms with van der Waals surface area (Å²) >= 11 is 0. The van der Waals surface area contributed by atoms with E-state index >= 15 is 0 Å². The van der Waals surface area contributed by atoms with E-state index < -0.39 is 0 Å². The van der Waals surface area contributed by atoms with Gasteiger partial charge in [-0.1, -0.05) is 89.1 Å². The van der Waals surface area contributed by atoms with Crippen molar-refractivity contribution in [1.29, 1.82) is 0 Å². The molecule has 0 aliphatic carbocycles. The Hall–Kier alpha value is -1.57. The lowest BCUT2D eigenvalue weighted by Crippen LogP contribution is -2.37. The minimum atomic E-state index is 0.994. The van der Waals surface area contributed by atoms with Gasteiger partial charge in [-0.05, 0) is 24.8 Å². The smallest absolute Gasteiger partial charge is 0.234 e. The quantitative estimate of drug-likeness (QED) is 0.277. The molecule has 1 aromatic heterocycles. The van der Waals surface area contributed by atoms with E-state index in [0.29, 0.717) is 0 Å². The first-order valence-corrected chi connectivity index (χ1v) is 11.0. The van der Waals surface area contributed by atoms with Crippen molar-refractivity contribution >= 4 is 0 Å². The van der Waals surface area contributed by atoms with Crippen molar-refractivity contribution in [3.63, 3.8) is 0 Å². The molecule has 2 aromatic rings. The van der Waals surface area contributed by atoms with Gasteiger partial charge in [-0.15, -0.1) is 0 Å². The first-order chi connectivity index (χ1) is 12.8. The Balaban J connectivity index is 1.91. The molecule has 1 aromatic carbocycles. The maximum absolute atomic E-state index is 2.51. The van der Waals surface area contributed by atoms with Crippen molar-refractivity contribution in [2.75, 3.05) is 0 Å². The number of nitrogens with zero attached hydrogens (tertiary/aromatic N) is 2. The van der Waals surface area contributed by atoms with Gasteiger partial charge >= 0.3 is 0 Å². The van der Waals surface area contributed by atoms with E-state index in [1.807, 2.05) is 0 Å². The Morgan fingerprint density at radius 3 is 2.15 bits per heavy atom. The largest absolute Gasteiger partial charge is 0.256 e. The fourth-order valence-electron chi connectivity index (χ4n) is 3.69. The third-order valence-electron chi connectivity index (χ3n) is 5.29. The molecule has 0 saturated heterocycles. The molecule has 0 fully saturated rings. The maximum Gasteiger partial charge on any atom is 0.256 e. The van der Waals surface area contributed by atoms with Crippen molar-refractivity contribution in [1.82, 2.24) is 4.57 Å². The number of rotatable bonds is 14. The first-order valence-electron chi connectivity index (χ1n) is 11.0. The van der Waals surface area contributed by atoms with Gasteiger partial charge in [0.05, 0.1) is 6.54 Å². The minimum absolute atomic E-state index is 0.994. The van der Waals surface area contributed by atoms with Gasteiger partial charge in [-0.3, -0.25) is 0 Å². The SMILES string of the molecule is CCCCCCCCCc1n(Cc2ccccc2)cc[n+]1CCCCC. The van der Waals surface area contributed by atoms with E-state index in [1.165, 1.54) is 88.6 Å². The lowest BCUT2D eigenvalue weighted by molar-refractivity contribution is -0.704. The lowest BCUT2D eigenvalue weighted by atomic mass is 10.1. The molecule has 0 unspecified atom stereocenters. The van der Waals surface area contributed by atoms with Crippen LogP contribution in [0.1, 0.15) is 89.4 Å². The summed E-state index contributed by atoms with van der Waals surface area (Å²) in [4.78, 5) is 0. The molecule has 26 heavy (non-hydrogen) atoms. The fourth-order valence-corrected chi connectivity index (χ4v) is 3.69. The zero-order valence-electron chi connectivity index (χ0n) is 17.1. The van der Waals surface area contributed by atoms with Gasteiger partial charge in [0.2, 0.25) is 0 Å². The summed E-state index contributed by atoms with van der Waals surface area (Å²) in [6, 6.07) is 10.9. The Bertz CT molecular complexity index is 586. The highest BCUT2D eigenvalue weighted by molar-refractivity contribution is 5.15. The molecule has 2 rings (SSSR count). The Morgan fingerprint density at radius 2 is 1.42 bits per heavy atom. The van der Waals surface area contributed by atoms with Crippen LogP contribution in [0.5, 0.6) is 0 Å². The summed E-state index contributed by atoms with van der Waals surface area (Å²) < 4.78 is 4.98. The average Bonchev–Trinajstić information content (AvgIpc) is 3.04. The molecule has 144 valence electrons. The number of unbranched alkanes of at least 4 members (excludes halogenated alkanes) is 8. The van der Waals surface area contributed by atoms with Crippen LogP contribution in [0.4, 0.5) is 0 Å². The summed E-state index contributed by atoms with van der Waals surface area (Å²) in [5.41, 5.74) is 1.39. The highest BCUT2D eigenvalue weighted by Gasteiger charge is 2.16. The molecule has 0 saturated carbocycles. The van der Waals surface area contributed by atoms with Gasteiger partial charge in [0.1, 0.15) is 18.9 Å².